The summed E-state index contributed by atoms with van der Waals surface area (Å²) >= 11 is 0. The van der Waals surface area contributed by atoms with E-state index >= 15 is 0 Å². The van der Waals surface area contributed by atoms with Crippen molar-refractivity contribution in [3.63, 3.8) is 0 Å². The largest absolute Gasteiger partial charge is 0.368 e. The fourth-order valence-electron chi connectivity index (χ4n) is 2.62. The van der Waals surface area contributed by atoms with Gasteiger partial charge in [-0.3, -0.25) is 0 Å². The smallest absolute Gasteiger partial charge is 0.321 e. The Hall–Kier alpha value is -2.70. The van der Waals surface area contributed by atoms with Gasteiger partial charge in [0.15, 0.2) is 11.6 Å². The lowest BCUT2D eigenvalue weighted by atomic mass is 10.2. The molecule has 0 atom stereocenters. The van der Waals surface area contributed by atoms with Crippen molar-refractivity contribution in [2.24, 2.45) is 0 Å². The van der Waals surface area contributed by atoms with E-state index < -0.39 is 17.5 Å². The number of hydrogen-bond donors (Lipinski definition) is 1. The highest BCUT2D eigenvalue weighted by atomic mass is 19.2. The minimum absolute atomic E-state index is 0.314. The van der Waals surface area contributed by atoms with Gasteiger partial charge in [0.1, 0.15) is 5.82 Å². The van der Waals surface area contributed by atoms with Crippen molar-refractivity contribution < 1.29 is 18.0 Å². The Bertz CT molecular complexity index is 746. The molecule has 0 unspecified atom stereocenters. The van der Waals surface area contributed by atoms with Crippen molar-refractivity contribution in [2.75, 3.05) is 36.4 Å². The Balaban J connectivity index is 1.58. The van der Waals surface area contributed by atoms with Gasteiger partial charge in [0.25, 0.3) is 0 Å². The van der Waals surface area contributed by atoms with E-state index in [2.05, 4.69) is 5.32 Å². The summed E-state index contributed by atoms with van der Waals surface area (Å²) in [5, 5.41) is 2.64. The van der Waals surface area contributed by atoms with Crippen LogP contribution in [0.3, 0.4) is 0 Å². The molecule has 0 aliphatic carbocycles. The summed E-state index contributed by atoms with van der Waals surface area (Å²) in [6.07, 6.45) is 0. The molecule has 1 fully saturated rings. The van der Waals surface area contributed by atoms with Crippen LogP contribution in [-0.4, -0.2) is 37.1 Å². The average Bonchev–Trinajstić information content (AvgIpc) is 2.57. The first-order chi connectivity index (χ1) is 11.5. The van der Waals surface area contributed by atoms with Crippen LogP contribution < -0.4 is 10.2 Å². The first-order valence-corrected chi connectivity index (χ1v) is 7.54. The van der Waals surface area contributed by atoms with E-state index in [-0.39, 0.29) is 6.03 Å². The minimum Gasteiger partial charge on any atom is -0.368 e. The van der Waals surface area contributed by atoms with E-state index in [0.717, 1.165) is 12.1 Å². The molecule has 24 heavy (non-hydrogen) atoms. The Kier molecular flexibility index (Phi) is 4.59. The molecule has 1 N–H and O–H groups in total. The second-order valence-corrected chi connectivity index (χ2v) is 5.51. The Morgan fingerprint density at radius 1 is 0.917 bits per heavy atom. The fraction of sp³-hybridized carbons (Fsp3) is 0.235. The maximum absolute atomic E-state index is 13.3. The number of benzene rings is 2. The number of hydrogen-bond acceptors (Lipinski definition) is 2. The van der Waals surface area contributed by atoms with Crippen LogP contribution in [-0.2, 0) is 0 Å². The zero-order valence-corrected chi connectivity index (χ0v) is 12.8. The lowest BCUT2D eigenvalue weighted by molar-refractivity contribution is 0.208. The number of carbonyl (C=O) groups is 1. The summed E-state index contributed by atoms with van der Waals surface area (Å²) in [7, 11) is 0. The summed E-state index contributed by atoms with van der Waals surface area (Å²) in [5.74, 6) is -2.19. The highest BCUT2D eigenvalue weighted by molar-refractivity contribution is 5.89. The monoisotopic (exact) mass is 335 g/mol. The zero-order valence-electron chi connectivity index (χ0n) is 12.8. The van der Waals surface area contributed by atoms with Crippen LogP contribution in [0.1, 0.15) is 0 Å². The molecule has 3 rings (SSSR count). The number of halogens is 3. The standard InChI is InChI=1S/C17H16F3N3O/c18-12-2-1-3-13(10-12)21-17(24)23-8-6-22(7-9-23)14-4-5-15(19)16(20)11-14/h1-5,10-11H,6-9H2,(H,21,24). The van der Waals surface area contributed by atoms with E-state index in [0.29, 0.717) is 37.6 Å². The van der Waals surface area contributed by atoms with E-state index in [1.807, 2.05) is 4.90 Å². The summed E-state index contributed by atoms with van der Waals surface area (Å²) in [6.45, 7) is 1.86. The highest BCUT2D eigenvalue weighted by Crippen LogP contribution is 2.20. The molecule has 1 heterocycles. The molecule has 0 aromatic heterocycles. The van der Waals surface area contributed by atoms with Gasteiger partial charge in [-0.25, -0.2) is 18.0 Å². The Morgan fingerprint density at radius 2 is 1.67 bits per heavy atom. The first kappa shape index (κ1) is 16.2. The zero-order chi connectivity index (χ0) is 17.1. The second kappa shape index (κ2) is 6.82. The van der Waals surface area contributed by atoms with Gasteiger partial charge in [-0.15, -0.1) is 0 Å². The van der Waals surface area contributed by atoms with Crippen LogP contribution in [0.2, 0.25) is 0 Å². The third-order valence-electron chi connectivity index (χ3n) is 3.91. The summed E-state index contributed by atoms with van der Waals surface area (Å²) in [5.41, 5.74) is 0.974. The van der Waals surface area contributed by atoms with Gasteiger partial charge < -0.3 is 15.1 Å². The first-order valence-electron chi connectivity index (χ1n) is 7.54. The van der Waals surface area contributed by atoms with Crippen molar-refractivity contribution in [1.82, 2.24) is 4.90 Å². The SMILES string of the molecule is O=C(Nc1cccc(F)c1)N1CCN(c2ccc(F)c(F)c2)CC1. The van der Waals surface area contributed by atoms with E-state index in [9.17, 15) is 18.0 Å². The molecule has 4 nitrogen and oxygen atoms in total. The van der Waals surface area contributed by atoms with Gasteiger partial charge in [-0.2, -0.15) is 0 Å². The molecule has 2 amide bonds. The maximum Gasteiger partial charge on any atom is 0.321 e. The summed E-state index contributed by atoms with van der Waals surface area (Å²) in [4.78, 5) is 15.7. The lowest BCUT2D eigenvalue weighted by Crippen LogP contribution is -2.50. The topological polar surface area (TPSA) is 35.6 Å². The molecule has 126 valence electrons. The second-order valence-electron chi connectivity index (χ2n) is 5.51. The average molecular weight is 335 g/mol. The molecule has 1 saturated heterocycles. The summed E-state index contributed by atoms with van der Waals surface area (Å²) < 4.78 is 39.4. The molecule has 2 aromatic carbocycles. The molecular formula is C17H16F3N3O. The molecule has 7 heteroatoms. The summed E-state index contributed by atoms with van der Waals surface area (Å²) in [6, 6.07) is 9.12. The minimum atomic E-state index is -0.890. The highest BCUT2D eigenvalue weighted by Gasteiger charge is 2.22. The molecule has 1 aliphatic rings. The molecular weight excluding hydrogens is 319 g/mol. The Labute approximate surface area is 137 Å². The van der Waals surface area contributed by atoms with Gasteiger partial charge in [-0.1, -0.05) is 6.07 Å². The maximum atomic E-state index is 13.3. The number of nitrogens with zero attached hydrogens (tertiary/aromatic N) is 2. The third kappa shape index (κ3) is 3.61. The molecule has 1 aliphatic heterocycles. The van der Waals surface area contributed by atoms with Gasteiger partial charge in [0.2, 0.25) is 0 Å². The number of nitrogens with one attached hydrogen (secondary N) is 1. The molecule has 0 saturated carbocycles. The van der Waals surface area contributed by atoms with Crippen molar-refractivity contribution in [3.05, 3.63) is 59.9 Å². The van der Waals surface area contributed by atoms with Crippen LogP contribution >= 0.6 is 0 Å². The van der Waals surface area contributed by atoms with Crippen molar-refractivity contribution in [1.29, 1.82) is 0 Å². The predicted molar refractivity (Wildman–Crippen MR) is 85.6 cm³/mol. The lowest BCUT2D eigenvalue weighted by Gasteiger charge is -2.36. The van der Waals surface area contributed by atoms with Crippen molar-refractivity contribution in [2.45, 2.75) is 0 Å². The van der Waals surface area contributed by atoms with Gasteiger partial charge in [0, 0.05) is 43.6 Å². The van der Waals surface area contributed by atoms with Gasteiger partial charge >= 0.3 is 6.03 Å². The predicted octanol–water partition coefficient (Wildman–Crippen LogP) is 3.46. The molecule has 0 radical (unpaired) electrons. The van der Waals surface area contributed by atoms with Gasteiger partial charge in [0.05, 0.1) is 0 Å². The van der Waals surface area contributed by atoms with Crippen LogP contribution in [0.15, 0.2) is 42.5 Å². The van der Waals surface area contributed by atoms with Crippen molar-refractivity contribution in [3.8, 4) is 0 Å². The third-order valence-corrected chi connectivity index (χ3v) is 3.91. The van der Waals surface area contributed by atoms with Crippen LogP contribution in [0.25, 0.3) is 0 Å². The van der Waals surface area contributed by atoms with Crippen LogP contribution in [0, 0.1) is 17.5 Å². The number of anilines is 2. The van der Waals surface area contributed by atoms with E-state index in [1.54, 1.807) is 11.0 Å². The Morgan fingerprint density at radius 3 is 2.33 bits per heavy atom. The molecule has 0 spiro atoms. The quantitative estimate of drug-likeness (QED) is 0.912. The van der Waals surface area contributed by atoms with Crippen LogP contribution in [0.4, 0.5) is 29.3 Å². The van der Waals surface area contributed by atoms with Crippen molar-refractivity contribution >= 4 is 17.4 Å². The van der Waals surface area contributed by atoms with Gasteiger partial charge in [-0.05, 0) is 30.3 Å². The number of rotatable bonds is 2. The van der Waals surface area contributed by atoms with E-state index in [1.165, 1.54) is 24.3 Å². The van der Waals surface area contributed by atoms with Crippen LogP contribution in [0.5, 0.6) is 0 Å². The number of amides is 2. The molecule has 0 bridgehead atoms. The normalized spacial score (nSPS) is 14.6. The number of urea groups is 1. The fourth-order valence-corrected chi connectivity index (χ4v) is 2.62. The molecule has 2 aromatic rings. The number of carbonyl (C=O) groups excluding carboxylic acids is 1. The number of piperazine rings is 1. The van der Waals surface area contributed by atoms with E-state index in [4.69, 9.17) is 0 Å².